The van der Waals surface area contributed by atoms with Crippen LogP contribution in [0.25, 0.3) is 11.6 Å². The zero-order chi connectivity index (χ0) is 24.8. The summed E-state index contributed by atoms with van der Waals surface area (Å²) in [4.78, 5) is 37.7. The van der Waals surface area contributed by atoms with Crippen LogP contribution < -0.4 is 5.69 Å². The van der Waals surface area contributed by atoms with Crippen molar-refractivity contribution in [3.05, 3.63) is 79.9 Å². The number of aliphatic imine (C=N–C) groups is 1. The molecule has 0 aliphatic carbocycles. The van der Waals surface area contributed by atoms with E-state index in [1.165, 1.54) is 12.3 Å². The van der Waals surface area contributed by atoms with Crippen LogP contribution in [0.1, 0.15) is 28.4 Å². The Labute approximate surface area is 195 Å². The van der Waals surface area contributed by atoms with Crippen LogP contribution in [0.2, 0.25) is 5.02 Å². The number of aromatic hydroxyl groups is 1. The number of nitrogens with one attached hydrogen (secondary N) is 1. The molecule has 0 radical (unpaired) electrons. The van der Waals surface area contributed by atoms with Crippen molar-refractivity contribution >= 4 is 43.0 Å². The van der Waals surface area contributed by atoms with Crippen molar-refractivity contribution in [3.8, 4) is 5.88 Å². The lowest BCUT2D eigenvalue weighted by Gasteiger charge is -2.19. The van der Waals surface area contributed by atoms with E-state index in [0.29, 0.717) is 21.8 Å². The molecular weight excluding hydrogens is 495 g/mol. The minimum Gasteiger partial charge on any atom is -0.493 e. The van der Waals surface area contributed by atoms with Gasteiger partial charge in [-0.3, -0.25) is 14.1 Å². The van der Waals surface area contributed by atoms with E-state index >= 15 is 0 Å². The number of phosphoric acid groups is 1. The van der Waals surface area contributed by atoms with E-state index in [0.717, 1.165) is 28.3 Å². The normalized spacial score (nSPS) is 15.2. The van der Waals surface area contributed by atoms with Gasteiger partial charge >= 0.3 is 13.5 Å². The average Bonchev–Trinajstić information content (AvgIpc) is 3.29. The quantitative estimate of drug-likeness (QED) is 0.368. The molecule has 1 aliphatic heterocycles. The third-order valence-electron chi connectivity index (χ3n) is 5.28. The van der Waals surface area contributed by atoms with Gasteiger partial charge in [0.25, 0.3) is 0 Å². The highest BCUT2D eigenvalue weighted by Gasteiger charge is 2.27. The number of hydrogen-bond donors (Lipinski definition) is 4. The van der Waals surface area contributed by atoms with Crippen LogP contribution in [0.3, 0.4) is 0 Å². The SMILES string of the molecule is Cc1c(Cl)ccc2c1N=C/C2=C\c1[nH]c(=O)n(C(COP(=O)(O)O)c2ccc(F)c(F)c2)c1O. The molecule has 4 rings (SSSR count). The molecule has 9 nitrogen and oxygen atoms in total. The number of halogens is 3. The van der Waals surface area contributed by atoms with Gasteiger partial charge in [-0.1, -0.05) is 23.7 Å². The Hall–Kier alpha value is -3.08. The molecule has 1 aliphatic rings. The molecule has 2 heterocycles. The minimum absolute atomic E-state index is 0.0457. The van der Waals surface area contributed by atoms with Crippen molar-refractivity contribution in [2.45, 2.75) is 13.0 Å². The molecule has 1 aromatic heterocycles. The number of aromatic nitrogens is 2. The molecule has 2 aromatic carbocycles. The topological polar surface area (TPSA) is 137 Å². The van der Waals surface area contributed by atoms with Crippen LogP contribution in [0, 0.1) is 18.6 Å². The molecule has 0 bridgehead atoms. The maximum Gasteiger partial charge on any atom is 0.469 e. The van der Waals surface area contributed by atoms with Crippen LogP contribution in [0.15, 0.2) is 40.1 Å². The Morgan fingerprint density at radius 1 is 1.26 bits per heavy atom. The van der Waals surface area contributed by atoms with Crippen molar-refractivity contribution < 1.29 is 32.8 Å². The number of hydrogen-bond acceptors (Lipinski definition) is 5. The Balaban J connectivity index is 1.79. The summed E-state index contributed by atoms with van der Waals surface area (Å²) in [5, 5.41) is 11.3. The molecule has 1 atom stereocenters. The Bertz CT molecular complexity index is 1460. The summed E-state index contributed by atoms with van der Waals surface area (Å²) >= 11 is 6.12. The van der Waals surface area contributed by atoms with Gasteiger partial charge in [0.2, 0.25) is 5.88 Å². The molecule has 0 spiro atoms. The lowest BCUT2D eigenvalue weighted by Crippen LogP contribution is -2.26. The molecule has 0 amide bonds. The van der Waals surface area contributed by atoms with E-state index in [1.807, 2.05) is 0 Å². The van der Waals surface area contributed by atoms with Gasteiger partial charge in [0.05, 0.1) is 18.3 Å². The molecule has 1 unspecified atom stereocenters. The maximum absolute atomic E-state index is 13.8. The molecule has 13 heteroatoms. The summed E-state index contributed by atoms with van der Waals surface area (Å²) in [6.07, 6.45) is 2.97. The van der Waals surface area contributed by atoms with Gasteiger partial charge in [0.15, 0.2) is 11.6 Å². The Kier molecular flexibility index (Phi) is 6.32. The summed E-state index contributed by atoms with van der Waals surface area (Å²) in [5.41, 5.74) is 1.65. The summed E-state index contributed by atoms with van der Waals surface area (Å²) < 4.78 is 43.8. The third kappa shape index (κ3) is 4.61. The summed E-state index contributed by atoms with van der Waals surface area (Å²) in [5.74, 6) is -3.03. The molecule has 3 aromatic rings. The van der Waals surface area contributed by atoms with E-state index < -0.39 is 43.7 Å². The smallest absolute Gasteiger partial charge is 0.469 e. The van der Waals surface area contributed by atoms with Gasteiger partial charge < -0.3 is 19.9 Å². The average molecular weight is 512 g/mol. The van der Waals surface area contributed by atoms with E-state index in [4.69, 9.17) is 21.4 Å². The number of phosphoric ester groups is 1. The number of imidazole rings is 1. The second kappa shape index (κ2) is 8.94. The number of aromatic amines is 1. The Morgan fingerprint density at radius 3 is 2.68 bits per heavy atom. The number of nitrogens with zero attached hydrogens (tertiary/aromatic N) is 2. The first-order valence-electron chi connectivity index (χ1n) is 9.70. The summed E-state index contributed by atoms with van der Waals surface area (Å²) in [7, 11) is -4.99. The van der Waals surface area contributed by atoms with Crippen molar-refractivity contribution in [1.82, 2.24) is 9.55 Å². The monoisotopic (exact) mass is 511 g/mol. The first kappa shape index (κ1) is 24.1. The van der Waals surface area contributed by atoms with Gasteiger partial charge in [0.1, 0.15) is 5.69 Å². The first-order chi connectivity index (χ1) is 16.0. The fourth-order valence-corrected chi connectivity index (χ4v) is 4.09. The first-order valence-corrected chi connectivity index (χ1v) is 11.6. The third-order valence-corrected chi connectivity index (χ3v) is 6.17. The molecule has 178 valence electrons. The van der Waals surface area contributed by atoms with Gasteiger partial charge in [-0.15, -0.1) is 0 Å². The predicted molar refractivity (Wildman–Crippen MR) is 121 cm³/mol. The number of fused-ring (bicyclic) bond motifs is 1. The van der Waals surface area contributed by atoms with E-state index in [-0.39, 0.29) is 11.3 Å². The van der Waals surface area contributed by atoms with Gasteiger partial charge in [-0.05, 0) is 42.3 Å². The number of benzene rings is 2. The highest BCUT2D eigenvalue weighted by Crippen LogP contribution is 2.40. The van der Waals surface area contributed by atoms with Crippen LogP contribution in [-0.4, -0.2) is 37.3 Å². The van der Waals surface area contributed by atoms with E-state index in [9.17, 15) is 23.2 Å². The minimum atomic E-state index is -4.99. The lowest BCUT2D eigenvalue weighted by molar-refractivity contribution is 0.174. The molecule has 34 heavy (non-hydrogen) atoms. The van der Waals surface area contributed by atoms with Crippen molar-refractivity contribution in [2.24, 2.45) is 4.99 Å². The lowest BCUT2D eigenvalue weighted by atomic mass is 10.0. The number of H-pyrrole nitrogens is 1. The molecule has 0 saturated carbocycles. The van der Waals surface area contributed by atoms with Gasteiger partial charge in [-0.25, -0.2) is 18.1 Å². The highest BCUT2D eigenvalue weighted by molar-refractivity contribution is 7.46. The van der Waals surface area contributed by atoms with E-state index in [2.05, 4.69) is 14.5 Å². The van der Waals surface area contributed by atoms with E-state index in [1.54, 1.807) is 19.1 Å². The number of rotatable bonds is 6. The molecule has 0 saturated heterocycles. The largest absolute Gasteiger partial charge is 0.493 e. The zero-order valence-electron chi connectivity index (χ0n) is 17.4. The maximum atomic E-state index is 13.8. The summed E-state index contributed by atoms with van der Waals surface area (Å²) in [6.45, 7) is 0.976. The second-order valence-electron chi connectivity index (χ2n) is 7.44. The second-order valence-corrected chi connectivity index (χ2v) is 9.09. The van der Waals surface area contributed by atoms with Gasteiger partial charge in [-0.2, -0.15) is 0 Å². The van der Waals surface area contributed by atoms with Crippen molar-refractivity contribution in [1.29, 1.82) is 0 Å². The number of allylic oxidation sites excluding steroid dienone is 1. The standard InChI is InChI=1S/C21H17ClF2N3O6P/c1-10-14(22)4-3-13-12(8-25-19(10)13)7-17-20(28)27(21(29)26-17)18(9-33-34(30,31)32)11-2-5-15(23)16(24)6-11/h2-8,18,28H,9H2,1H3,(H,26,29)(H2,30,31,32)/b12-7+. The van der Waals surface area contributed by atoms with Crippen molar-refractivity contribution in [3.63, 3.8) is 0 Å². The highest BCUT2D eigenvalue weighted by atomic mass is 35.5. The van der Waals surface area contributed by atoms with Crippen LogP contribution in [0.4, 0.5) is 14.5 Å². The zero-order valence-corrected chi connectivity index (χ0v) is 19.0. The van der Waals surface area contributed by atoms with Crippen LogP contribution in [0.5, 0.6) is 5.88 Å². The van der Waals surface area contributed by atoms with Gasteiger partial charge in [0, 0.05) is 22.4 Å². The van der Waals surface area contributed by atoms with Crippen LogP contribution in [-0.2, 0) is 9.09 Å². The predicted octanol–water partition coefficient (Wildman–Crippen LogP) is 4.08. The fourth-order valence-electron chi connectivity index (χ4n) is 3.60. The Morgan fingerprint density at radius 2 is 2.00 bits per heavy atom. The summed E-state index contributed by atoms with van der Waals surface area (Å²) in [6, 6.07) is 4.65. The fraction of sp³-hybridized carbons (Fsp3) is 0.143. The van der Waals surface area contributed by atoms with Crippen molar-refractivity contribution in [2.75, 3.05) is 6.61 Å². The molecule has 0 fully saturated rings. The molecular formula is C21H17ClF2N3O6P. The van der Waals surface area contributed by atoms with Crippen LogP contribution >= 0.6 is 19.4 Å². The molecule has 4 N–H and O–H groups in total.